The lowest BCUT2D eigenvalue weighted by Gasteiger charge is -2.43. The van der Waals surface area contributed by atoms with E-state index in [1.54, 1.807) is 0 Å². The van der Waals surface area contributed by atoms with Gasteiger partial charge in [0, 0.05) is 0 Å². The summed E-state index contributed by atoms with van der Waals surface area (Å²) in [5, 5.41) is 36.8. The second kappa shape index (κ2) is 4.65. The van der Waals surface area contributed by atoms with Gasteiger partial charge in [0.05, 0.1) is 6.61 Å². The second-order valence-corrected chi connectivity index (χ2v) is 4.53. The Morgan fingerprint density at radius 3 is 2.38 bits per heavy atom. The van der Waals surface area contributed by atoms with Crippen LogP contribution in [0.4, 0.5) is 0 Å². The quantitative estimate of drug-likeness (QED) is 0.289. The molecular weight excluding hydrogens is 247 g/mol. The van der Waals surface area contributed by atoms with E-state index in [0.717, 1.165) is 0 Å². The fourth-order valence-electron chi connectivity index (χ4n) is 1.33. The van der Waals surface area contributed by atoms with Crippen molar-refractivity contribution >= 4 is 7.82 Å². The zero-order chi connectivity index (χ0) is 12.6. The van der Waals surface area contributed by atoms with Crippen molar-refractivity contribution in [2.75, 3.05) is 13.2 Å². The summed E-state index contributed by atoms with van der Waals surface area (Å²) in [6.07, 6.45) is -5.17. The first-order valence-electron chi connectivity index (χ1n) is 4.27. The summed E-state index contributed by atoms with van der Waals surface area (Å²) in [5.41, 5.74) is 0. The van der Waals surface area contributed by atoms with E-state index in [1.807, 2.05) is 0 Å². The highest BCUT2D eigenvalue weighted by Crippen LogP contribution is 2.44. The Morgan fingerprint density at radius 1 is 1.38 bits per heavy atom. The molecule has 0 spiro atoms. The summed E-state index contributed by atoms with van der Waals surface area (Å²) in [6.45, 7) is -1.64. The Morgan fingerprint density at radius 2 is 1.94 bits per heavy atom. The summed E-state index contributed by atoms with van der Waals surface area (Å²) in [5.74, 6) is -2.45. The molecule has 0 aliphatic carbocycles. The van der Waals surface area contributed by atoms with Gasteiger partial charge >= 0.3 is 7.82 Å². The third kappa shape index (κ3) is 2.77. The van der Waals surface area contributed by atoms with Gasteiger partial charge in [0.1, 0.15) is 24.9 Å². The molecule has 1 fully saturated rings. The van der Waals surface area contributed by atoms with E-state index >= 15 is 0 Å². The lowest BCUT2D eigenvalue weighted by Crippen LogP contribution is -2.63. The molecule has 0 aromatic rings. The van der Waals surface area contributed by atoms with Crippen LogP contribution < -0.4 is 0 Å². The first kappa shape index (κ1) is 14.0. The van der Waals surface area contributed by atoms with Crippen molar-refractivity contribution in [3.8, 4) is 0 Å². The van der Waals surface area contributed by atoms with Gasteiger partial charge in [-0.2, -0.15) is 0 Å². The van der Waals surface area contributed by atoms with Gasteiger partial charge in [0.15, 0.2) is 0 Å². The van der Waals surface area contributed by atoms with Crippen molar-refractivity contribution in [1.82, 2.24) is 0 Å². The number of rotatable bonds is 3. The summed E-state index contributed by atoms with van der Waals surface area (Å²) in [4.78, 5) is 17.2. The molecule has 1 rings (SSSR count). The monoisotopic (exact) mass is 260 g/mol. The van der Waals surface area contributed by atoms with Crippen molar-refractivity contribution in [3.63, 3.8) is 0 Å². The lowest BCUT2D eigenvalue weighted by molar-refractivity contribution is -0.322. The van der Waals surface area contributed by atoms with Gasteiger partial charge in [0.25, 0.3) is 0 Å². The molecule has 1 aliphatic rings. The number of aliphatic hydroxyl groups excluding tert-OH is 4. The first-order chi connectivity index (χ1) is 7.22. The standard InChI is InChI=1S/C6H13O9P/c7-2-6(15-16(11,12)13)5(10)4(9)3(8)1-14-6/h3-5,7-10H,1-2H2,(H2,11,12,13)/t3-,4?,5-,6+/m1/s1. The summed E-state index contributed by atoms with van der Waals surface area (Å²) < 4.78 is 19.4. The summed E-state index contributed by atoms with van der Waals surface area (Å²) in [6, 6.07) is 0. The molecule has 16 heavy (non-hydrogen) atoms. The van der Waals surface area contributed by atoms with Gasteiger partial charge in [0.2, 0.25) is 5.79 Å². The Labute approximate surface area is 90.1 Å². The van der Waals surface area contributed by atoms with Crippen molar-refractivity contribution in [2.45, 2.75) is 24.1 Å². The molecule has 0 aromatic heterocycles. The van der Waals surface area contributed by atoms with Gasteiger partial charge in [-0.25, -0.2) is 9.09 Å². The average molecular weight is 260 g/mol. The summed E-state index contributed by atoms with van der Waals surface area (Å²) >= 11 is 0. The van der Waals surface area contributed by atoms with Gasteiger partial charge in [-0.05, 0) is 0 Å². The molecule has 0 saturated carbocycles. The SMILES string of the molecule is O=P(O)(O)O[C@]1(CO)OC[C@@H](O)C(O)[C@H]1O. The number of hydrogen-bond donors (Lipinski definition) is 6. The largest absolute Gasteiger partial charge is 0.472 e. The molecule has 0 bridgehead atoms. The van der Waals surface area contributed by atoms with Crippen LogP contribution >= 0.6 is 7.82 Å². The zero-order valence-electron chi connectivity index (χ0n) is 8.00. The van der Waals surface area contributed by atoms with E-state index in [1.165, 1.54) is 0 Å². The second-order valence-electron chi connectivity index (χ2n) is 3.37. The Bertz CT molecular complexity index is 290. The maximum absolute atomic E-state index is 10.6. The molecule has 1 aliphatic heterocycles. The van der Waals surface area contributed by atoms with Crippen LogP contribution in [0.5, 0.6) is 0 Å². The topological polar surface area (TPSA) is 157 Å². The fraction of sp³-hybridized carbons (Fsp3) is 1.00. The van der Waals surface area contributed by atoms with Crippen LogP contribution in [0.2, 0.25) is 0 Å². The molecule has 9 nitrogen and oxygen atoms in total. The smallest absolute Gasteiger partial charge is 0.391 e. The molecule has 6 N–H and O–H groups in total. The van der Waals surface area contributed by atoms with Gasteiger partial charge in [-0.1, -0.05) is 0 Å². The minimum Gasteiger partial charge on any atom is -0.391 e. The molecule has 1 saturated heterocycles. The molecule has 0 radical (unpaired) electrons. The molecule has 1 heterocycles. The van der Waals surface area contributed by atoms with Crippen LogP contribution in [-0.2, 0) is 13.8 Å². The van der Waals surface area contributed by atoms with E-state index in [2.05, 4.69) is 9.26 Å². The van der Waals surface area contributed by atoms with Crippen LogP contribution in [0.25, 0.3) is 0 Å². The highest BCUT2D eigenvalue weighted by molar-refractivity contribution is 7.46. The first-order valence-corrected chi connectivity index (χ1v) is 5.80. The molecule has 0 aromatic carbocycles. The average Bonchev–Trinajstić information content (AvgIpc) is 2.18. The minimum atomic E-state index is -5.04. The van der Waals surface area contributed by atoms with E-state index in [-0.39, 0.29) is 0 Å². The molecule has 4 atom stereocenters. The van der Waals surface area contributed by atoms with Crippen LogP contribution in [0, 0.1) is 0 Å². The maximum Gasteiger partial charge on any atom is 0.472 e. The van der Waals surface area contributed by atoms with E-state index in [4.69, 9.17) is 20.0 Å². The van der Waals surface area contributed by atoms with Crippen LogP contribution in [0.1, 0.15) is 0 Å². The molecule has 10 heteroatoms. The zero-order valence-corrected chi connectivity index (χ0v) is 8.90. The van der Waals surface area contributed by atoms with Crippen molar-refractivity contribution in [2.24, 2.45) is 0 Å². The number of phosphoric acid groups is 1. The molecule has 0 amide bonds. The highest BCUT2D eigenvalue weighted by Gasteiger charge is 2.53. The lowest BCUT2D eigenvalue weighted by atomic mass is 9.98. The predicted octanol–water partition coefficient (Wildman–Crippen LogP) is -3.10. The van der Waals surface area contributed by atoms with E-state index in [0.29, 0.717) is 0 Å². The molecule has 96 valence electrons. The Balaban J connectivity index is 2.91. The van der Waals surface area contributed by atoms with Crippen molar-refractivity contribution in [1.29, 1.82) is 0 Å². The normalized spacial score (nSPS) is 41.0. The fourth-order valence-corrected chi connectivity index (χ4v) is 1.95. The van der Waals surface area contributed by atoms with Crippen LogP contribution in [0.3, 0.4) is 0 Å². The third-order valence-electron chi connectivity index (χ3n) is 2.16. The number of aliphatic hydroxyl groups is 4. The van der Waals surface area contributed by atoms with Gasteiger partial charge in [-0.15, -0.1) is 0 Å². The Kier molecular flexibility index (Phi) is 4.06. The molecule has 1 unspecified atom stereocenters. The van der Waals surface area contributed by atoms with Crippen LogP contribution in [0.15, 0.2) is 0 Å². The highest BCUT2D eigenvalue weighted by atomic mass is 31.2. The van der Waals surface area contributed by atoms with Crippen molar-refractivity contribution < 1.29 is 44.0 Å². The minimum absolute atomic E-state index is 0.543. The van der Waals surface area contributed by atoms with Crippen molar-refractivity contribution in [3.05, 3.63) is 0 Å². The van der Waals surface area contributed by atoms with Gasteiger partial charge in [-0.3, -0.25) is 0 Å². The number of hydrogen-bond acceptors (Lipinski definition) is 7. The Hall–Kier alpha value is -0.0900. The third-order valence-corrected chi connectivity index (χ3v) is 2.71. The van der Waals surface area contributed by atoms with E-state index < -0.39 is 45.1 Å². The summed E-state index contributed by atoms with van der Waals surface area (Å²) in [7, 11) is -5.04. The number of phosphoric ester groups is 1. The van der Waals surface area contributed by atoms with E-state index in [9.17, 15) is 14.8 Å². The van der Waals surface area contributed by atoms with Crippen LogP contribution in [-0.4, -0.2) is 67.5 Å². The predicted molar refractivity (Wildman–Crippen MR) is 46.9 cm³/mol. The maximum atomic E-state index is 10.6. The number of ether oxygens (including phenoxy) is 1. The molecular formula is C6H13O9P. The van der Waals surface area contributed by atoms with Gasteiger partial charge < -0.3 is 34.9 Å².